The molecule has 2 rings (SSSR count). The Morgan fingerprint density at radius 2 is 1.92 bits per heavy atom. The van der Waals surface area contributed by atoms with E-state index in [0.717, 1.165) is 12.3 Å². The molecule has 2 atom stereocenters. The summed E-state index contributed by atoms with van der Waals surface area (Å²) in [7, 11) is 0. The Morgan fingerprint density at radius 3 is 2.25 bits per heavy atom. The molecule has 1 fully saturated rings. The number of carboxylic acids is 2. The van der Waals surface area contributed by atoms with E-state index < -0.39 is 23.3 Å². The highest BCUT2D eigenvalue weighted by Crippen LogP contribution is 2.54. The van der Waals surface area contributed by atoms with Crippen molar-refractivity contribution in [3.63, 3.8) is 0 Å². The number of epoxide rings is 1. The standard InChI is InChI=1S/C6H4O6/c7-3(8)5-1-2-11-6(5,12-5)4(9)10/h1-2H,(H,7,8)(H,9,10). The second kappa shape index (κ2) is 1.61. The number of ether oxygens (including phenoxy) is 2. The van der Waals surface area contributed by atoms with Crippen LogP contribution in [-0.2, 0) is 19.1 Å². The Hall–Kier alpha value is -1.56. The van der Waals surface area contributed by atoms with Crippen LogP contribution in [-0.4, -0.2) is 33.5 Å². The summed E-state index contributed by atoms with van der Waals surface area (Å²) < 4.78 is 9.10. The first-order valence-corrected chi connectivity index (χ1v) is 3.08. The summed E-state index contributed by atoms with van der Waals surface area (Å²) in [5.74, 6) is -4.81. The van der Waals surface area contributed by atoms with Crippen LogP contribution in [0.1, 0.15) is 0 Å². The fraction of sp³-hybridized carbons (Fsp3) is 0.333. The van der Waals surface area contributed by atoms with E-state index in [1.54, 1.807) is 0 Å². The Kier molecular flexibility index (Phi) is 0.953. The number of hydrogen-bond donors (Lipinski definition) is 2. The SMILES string of the molecule is O=C(O)C12C=COC1(C(=O)O)O2. The molecule has 2 N–H and O–H groups in total. The van der Waals surface area contributed by atoms with Gasteiger partial charge in [0.05, 0.1) is 6.26 Å². The third-order valence-electron chi connectivity index (χ3n) is 1.89. The van der Waals surface area contributed by atoms with Crippen LogP contribution >= 0.6 is 0 Å². The fourth-order valence-corrected chi connectivity index (χ4v) is 1.19. The monoisotopic (exact) mass is 172 g/mol. The third-order valence-corrected chi connectivity index (χ3v) is 1.89. The zero-order valence-corrected chi connectivity index (χ0v) is 5.68. The molecule has 0 spiro atoms. The van der Waals surface area contributed by atoms with Gasteiger partial charge in [-0.2, -0.15) is 0 Å². The van der Waals surface area contributed by atoms with Crippen molar-refractivity contribution >= 4 is 11.9 Å². The van der Waals surface area contributed by atoms with Crippen LogP contribution in [0.2, 0.25) is 0 Å². The molecule has 2 aliphatic heterocycles. The van der Waals surface area contributed by atoms with Crippen LogP contribution in [0.25, 0.3) is 0 Å². The second-order valence-corrected chi connectivity index (χ2v) is 2.49. The van der Waals surface area contributed by atoms with Gasteiger partial charge in [0.1, 0.15) is 0 Å². The van der Waals surface area contributed by atoms with Gasteiger partial charge < -0.3 is 14.9 Å². The third kappa shape index (κ3) is 0.473. The maximum absolute atomic E-state index is 10.6. The molecule has 6 heteroatoms. The molecule has 0 saturated carbocycles. The number of hydrogen-bond acceptors (Lipinski definition) is 4. The lowest BCUT2D eigenvalue weighted by Crippen LogP contribution is -2.36. The van der Waals surface area contributed by atoms with E-state index in [-0.39, 0.29) is 0 Å². The van der Waals surface area contributed by atoms with E-state index in [1.165, 1.54) is 0 Å². The van der Waals surface area contributed by atoms with Gasteiger partial charge in [-0.15, -0.1) is 0 Å². The van der Waals surface area contributed by atoms with Crippen molar-refractivity contribution in [1.82, 2.24) is 0 Å². The molecule has 1 saturated heterocycles. The van der Waals surface area contributed by atoms with Gasteiger partial charge in [0.15, 0.2) is 0 Å². The van der Waals surface area contributed by atoms with Crippen molar-refractivity contribution in [2.45, 2.75) is 11.4 Å². The molecular weight excluding hydrogens is 168 g/mol. The topological polar surface area (TPSA) is 96.4 Å². The number of carboxylic acid groups (broad SMARTS) is 2. The number of rotatable bonds is 2. The van der Waals surface area contributed by atoms with E-state index >= 15 is 0 Å². The van der Waals surface area contributed by atoms with E-state index in [1.807, 2.05) is 0 Å². The Balaban J connectivity index is 2.39. The minimum absolute atomic E-state index is 1.02. The average molecular weight is 172 g/mol. The van der Waals surface area contributed by atoms with Gasteiger partial charge in [-0.05, 0) is 0 Å². The molecule has 0 aromatic rings. The second-order valence-electron chi connectivity index (χ2n) is 2.49. The molecule has 0 aromatic carbocycles. The largest absolute Gasteiger partial charge is 0.479 e. The molecule has 2 heterocycles. The normalized spacial score (nSPS) is 41.7. The van der Waals surface area contributed by atoms with Crippen LogP contribution in [0.4, 0.5) is 0 Å². The van der Waals surface area contributed by atoms with Gasteiger partial charge in [-0.25, -0.2) is 9.59 Å². The molecule has 12 heavy (non-hydrogen) atoms. The van der Waals surface area contributed by atoms with Crippen LogP contribution in [0, 0.1) is 0 Å². The van der Waals surface area contributed by atoms with E-state index in [2.05, 4.69) is 9.47 Å². The van der Waals surface area contributed by atoms with Gasteiger partial charge in [-0.3, -0.25) is 4.74 Å². The predicted molar refractivity (Wildman–Crippen MR) is 32.0 cm³/mol. The molecule has 64 valence electrons. The molecule has 0 amide bonds. The number of fused-ring (bicyclic) bond motifs is 1. The van der Waals surface area contributed by atoms with Crippen LogP contribution < -0.4 is 0 Å². The molecule has 0 aromatic heterocycles. The summed E-state index contributed by atoms with van der Waals surface area (Å²) in [6.45, 7) is 0. The summed E-state index contributed by atoms with van der Waals surface area (Å²) in [5.41, 5.74) is -1.81. The molecular formula is C6H4O6. The first-order valence-electron chi connectivity index (χ1n) is 3.08. The zero-order chi connectivity index (χ0) is 8.98. The molecule has 0 bridgehead atoms. The quantitative estimate of drug-likeness (QED) is 0.527. The molecule has 6 nitrogen and oxygen atoms in total. The zero-order valence-electron chi connectivity index (χ0n) is 5.68. The maximum atomic E-state index is 10.6. The smallest absolute Gasteiger partial charge is 0.381 e. The first kappa shape index (κ1) is 7.11. The maximum Gasteiger partial charge on any atom is 0.381 e. The Labute approximate surface area is 66.0 Å². The van der Waals surface area contributed by atoms with E-state index in [0.29, 0.717) is 0 Å². The highest BCUT2D eigenvalue weighted by atomic mass is 16.8. The van der Waals surface area contributed by atoms with Gasteiger partial charge in [0, 0.05) is 6.08 Å². The van der Waals surface area contributed by atoms with Crippen molar-refractivity contribution < 1.29 is 29.3 Å². The van der Waals surface area contributed by atoms with Crippen molar-refractivity contribution in [3.8, 4) is 0 Å². The summed E-state index contributed by atoms with van der Waals surface area (Å²) in [6.07, 6.45) is 2.09. The Morgan fingerprint density at radius 1 is 1.25 bits per heavy atom. The Bertz CT molecular complexity index is 307. The molecule has 0 radical (unpaired) electrons. The fourth-order valence-electron chi connectivity index (χ4n) is 1.19. The van der Waals surface area contributed by atoms with Crippen LogP contribution in [0.5, 0.6) is 0 Å². The van der Waals surface area contributed by atoms with E-state index in [4.69, 9.17) is 10.2 Å². The average Bonchev–Trinajstić information content (AvgIpc) is 2.52. The van der Waals surface area contributed by atoms with Crippen molar-refractivity contribution in [2.24, 2.45) is 0 Å². The van der Waals surface area contributed by atoms with Gasteiger partial charge >= 0.3 is 17.7 Å². The van der Waals surface area contributed by atoms with Gasteiger partial charge in [0.2, 0.25) is 0 Å². The van der Waals surface area contributed by atoms with Crippen molar-refractivity contribution in [2.75, 3.05) is 0 Å². The summed E-state index contributed by atoms with van der Waals surface area (Å²) >= 11 is 0. The number of carbonyl (C=O) groups is 2. The molecule has 2 aliphatic rings. The highest BCUT2D eigenvalue weighted by molar-refractivity contribution is 5.97. The van der Waals surface area contributed by atoms with Crippen molar-refractivity contribution in [3.05, 3.63) is 12.3 Å². The number of aliphatic carboxylic acids is 2. The first-order chi connectivity index (χ1) is 5.55. The lowest BCUT2D eigenvalue weighted by atomic mass is 10.1. The molecule has 2 unspecified atom stereocenters. The summed E-state index contributed by atoms with van der Waals surface area (Å²) in [5, 5.41) is 17.2. The van der Waals surface area contributed by atoms with Crippen LogP contribution in [0.15, 0.2) is 12.3 Å². The summed E-state index contributed by atoms with van der Waals surface area (Å²) in [4.78, 5) is 21.1. The van der Waals surface area contributed by atoms with Crippen LogP contribution in [0.3, 0.4) is 0 Å². The lowest BCUT2D eigenvalue weighted by Gasteiger charge is -2.02. The lowest BCUT2D eigenvalue weighted by molar-refractivity contribution is -0.158. The minimum atomic E-state index is -2.02. The summed E-state index contributed by atoms with van der Waals surface area (Å²) in [6, 6.07) is 0. The van der Waals surface area contributed by atoms with E-state index in [9.17, 15) is 9.59 Å². The van der Waals surface area contributed by atoms with Gasteiger partial charge in [-0.1, -0.05) is 0 Å². The highest BCUT2D eigenvalue weighted by Gasteiger charge is 2.85. The minimum Gasteiger partial charge on any atom is -0.479 e. The molecule has 0 aliphatic carbocycles. The predicted octanol–water partition coefficient (Wildman–Crippen LogP) is -0.835. The van der Waals surface area contributed by atoms with Gasteiger partial charge in [0.25, 0.3) is 5.60 Å². The van der Waals surface area contributed by atoms with Crippen molar-refractivity contribution in [1.29, 1.82) is 0 Å².